The Morgan fingerprint density at radius 1 is 1.05 bits per heavy atom. The highest BCUT2D eigenvalue weighted by Crippen LogP contribution is 2.31. The highest BCUT2D eigenvalue weighted by molar-refractivity contribution is 9.10. The van der Waals surface area contributed by atoms with Gasteiger partial charge in [0.2, 0.25) is 0 Å². The van der Waals surface area contributed by atoms with Crippen LogP contribution in [0.15, 0.2) is 59.1 Å². The molecule has 0 fully saturated rings. The van der Waals surface area contributed by atoms with E-state index in [9.17, 15) is 5.11 Å². The first-order chi connectivity index (χ1) is 9.76. The lowest BCUT2D eigenvalue weighted by atomic mass is 10.2. The fraction of sp³-hybridized carbons (Fsp3) is 0.0625. The summed E-state index contributed by atoms with van der Waals surface area (Å²) in [6.07, 6.45) is 0. The number of nitrogens with zero attached hydrogens (tertiary/aromatic N) is 1. The Kier molecular flexibility index (Phi) is 3.67. The van der Waals surface area contributed by atoms with Gasteiger partial charge in [-0.25, -0.2) is 0 Å². The van der Waals surface area contributed by atoms with Gasteiger partial charge in [-0.05, 0) is 30.3 Å². The van der Waals surface area contributed by atoms with E-state index in [4.69, 9.17) is 4.74 Å². The average molecular weight is 330 g/mol. The predicted octanol–water partition coefficient (Wildman–Crippen LogP) is 4.28. The number of ether oxygens (including phenoxy) is 1. The van der Waals surface area contributed by atoms with Crippen molar-refractivity contribution < 1.29 is 9.84 Å². The summed E-state index contributed by atoms with van der Waals surface area (Å²) >= 11 is 3.42. The van der Waals surface area contributed by atoms with Crippen LogP contribution in [-0.4, -0.2) is 10.1 Å². The van der Waals surface area contributed by atoms with Gasteiger partial charge in [0.1, 0.15) is 11.5 Å². The van der Waals surface area contributed by atoms with Crippen LogP contribution in [0.5, 0.6) is 11.5 Å². The third kappa shape index (κ3) is 2.66. The number of aliphatic hydroxyl groups excluding tert-OH is 1. The molecule has 0 unspecified atom stereocenters. The molecule has 1 aromatic heterocycles. The van der Waals surface area contributed by atoms with Crippen molar-refractivity contribution in [1.82, 2.24) is 4.98 Å². The molecular formula is C16H12BrNO2. The third-order valence-electron chi connectivity index (χ3n) is 2.92. The number of fused-ring (bicyclic) bond motifs is 1. The van der Waals surface area contributed by atoms with Crippen molar-refractivity contribution in [3.05, 3.63) is 64.8 Å². The fourth-order valence-corrected chi connectivity index (χ4v) is 2.40. The van der Waals surface area contributed by atoms with Crippen LogP contribution in [0.1, 0.15) is 5.69 Å². The van der Waals surface area contributed by atoms with E-state index in [-0.39, 0.29) is 6.61 Å². The second-order valence-corrected chi connectivity index (χ2v) is 5.26. The first-order valence-electron chi connectivity index (χ1n) is 6.19. The second kappa shape index (κ2) is 5.61. The van der Waals surface area contributed by atoms with E-state index >= 15 is 0 Å². The fourth-order valence-electron chi connectivity index (χ4n) is 2.02. The minimum absolute atomic E-state index is 0.111. The number of hydrogen-bond donors (Lipinski definition) is 1. The molecule has 0 aliphatic carbocycles. The van der Waals surface area contributed by atoms with Crippen LogP contribution >= 0.6 is 15.9 Å². The first kappa shape index (κ1) is 13.1. The van der Waals surface area contributed by atoms with Crippen molar-refractivity contribution in [2.24, 2.45) is 0 Å². The van der Waals surface area contributed by atoms with Gasteiger partial charge in [0.25, 0.3) is 0 Å². The molecule has 3 nitrogen and oxygen atoms in total. The number of rotatable bonds is 3. The molecule has 0 aliphatic heterocycles. The zero-order chi connectivity index (χ0) is 13.9. The van der Waals surface area contributed by atoms with Gasteiger partial charge in [-0.1, -0.05) is 34.1 Å². The largest absolute Gasteiger partial charge is 0.457 e. The molecule has 0 bridgehead atoms. The summed E-state index contributed by atoms with van der Waals surface area (Å²) in [5.41, 5.74) is 1.40. The van der Waals surface area contributed by atoms with Gasteiger partial charge in [-0.2, -0.15) is 0 Å². The molecule has 0 amide bonds. The summed E-state index contributed by atoms with van der Waals surface area (Å²) in [7, 11) is 0. The van der Waals surface area contributed by atoms with Crippen molar-refractivity contribution in [1.29, 1.82) is 0 Å². The minimum atomic E-state index is -0.111. The van der Waals surface area contributed by atoms with Gasteiger partial charge >= 0.3 is 0 Å². The number of pyridine rings is 1. The van der Waals surface area contributed by atoms with Crippen LogP contribution in [0.25, 0.3) is 10.9 Å². The summed E-state index contributed by atoms with van der Waals surface area (Å²) in [4.78, 5) is 4.37. The van der Waals surface area contributed by atoms with Gasteiger partial charge in [0.15, 0.2) is 0 Å². The van der Waals surface area contributed by atoms with Crippen molar-refractivity contribution in [3.63, 3.8) is 0 Å². The summed E-state index contributed by atoms with van der Waals surface area (Å²) in [6.45, 7) is -0.111. The van der Waals surface area contributed by atoms with Crippen molar-refractivity contribution >= 4 is 26.8 Å². The molecule has 100 valence electrons. The van der Waals surface area contributed by atoms with Crippen LogP contribution in [0.4, 0.5) is 0 Å². The molecule has 0 saturated carbocycles. The number of benzene rings is 2. The lowest BCUT2D eigenvalue weighted by Gasteiger charge is -2.10. The van der Waals surface area contributed by atoms with Crippen LogP contribution in [0.2, 0.25) is 0 Å². The quantitative estimate of drug-likeness (QED) is 0.779. The Labute approximate surface area is 125 Å². The SMILES string of the molecule is OCc1cc(Oc2cccc(Br)c2)c2ccccc2n1. The smallest absolute Gasteiger partial charge is 0.138 e. The average Bonchev–Trinajstić information content (AvgIpc) is 2.47. The van der Waals surface area contributed by atoms with Crippen LogP contribution in [0, 0.1) is 0 Å². The maximum absolute atomic E-state index is 9.31. The zero-order valence-electron chi connectivity index (χ0n) is 10.6. The van der Waals surface area contributed by atoms with E-state index in [0.29, 0.717) is 11.4 Å². The van der Waals surface area contributed by atoms with Gasteiger partial charge in [-0.15, -0.1) is 0 Å². The van der Waals surface area contributed by atoms with Crippen molar-refractivity contribution in [2.75, 3.05) is 0 Å². The van der Waals surface area contributed by atoms with E-state index < -0.39 is 0 Å². The number of aromatic nitrogens is 1. The van der Waals surface area contributed by atoms with Gasteiger partial charge in [0.05, 0.1) is 17.8 Å². The highest BCUT2D eigenvalue weighted by Gasteiger charge is 2.07. The molecule has 0 atom stereocenters. The molecule has 3 rings (SSSR count). The van der Waals surface area contributed by atoms with Crippen LogP contribution < -0.4 is 4.74 Å². The molecule has 0 saturated heterocycles. The summed E-state index contributed by atoms with van der Waals surface area (Å²) in [5, 5.41) is 10.2. The maximum Gasteiger partial charge on any atom is 0.138 e. The summed E-state index contributed by atoms with van der Waals surface area (Å²) in [5.74, 6) is 1.43. The topological polar surface area (TPSA) is 42.4 Å². The van der Waals surface area contributed by atoms with Gasteiger partial charge in [-0.3, -0.25) is 4.98 Å². The second-order valence-electron chi connectivity index (χ2n) is 4.35. The lowest BCUT2D eigenvalue weighted by Crippen LogP contribution is -1.94. The monoisotopic (exact) mass is 329 g/mol. The molecule has 1 heterocycles. The standard InChI is InChI=1S/C16H12BrNO2/c17-11-4-3-5-13(8-11)20-16-9-12(10-19)18-15-7-2-1-6-14(15)16/h1-9,19H,10H2. The molecule has 0 radical (unpaired) electrons. The molecular weight excluding hydrogens is 318 g/mol. The summed E-state index contributed by atoms with van der Waals surface area (Å²) < 4.78 is 6.89. The first-order valence-corrected chi connectivity index (χ1v) is 6.98. The minimum Gasteiger partial charge on any atom is -0.457 e. The molecule has 3 aromatic rings. The lowest BCUT2D eigenvalue weighted by molar-refractivity contribution is 0.277. The Morgan fingerprint density at radius 3 is 2.70 bits per heavy atom. The zero-order valence-corrected chi connectivity index (χ0v) is 12.2. The molecule has 0 aliphatic rings. The number of hydrogen-bond acceptors (Lipinski definition) is 3. The Balaban J connectivity index is 2.10. The summed E-state index contributed by atoms with van der Waals surface area (Å²) in [6, 6.07) is 17.1. The van der Waals surface area contributed by atoms with E-state index in [1.54, 1.807) is 6.07 Å². The molecule has 1 N–H and O–H groups in total. The number of aliphatic hydroxyl groups is 1. The van der Waals surface area contributed by atoms with Gasteiger partial charge < -0.3 is 9.84 Å². The normalized spacial score (nSPS) is 10.7. The van der Waals surface area contributed by atoms with E-state index in [0.717, 1.165) is 21.1 Å². The van der Waals surface area contributed by atoms with E-state index in [2.05, 4.69) is 20.9 Å². The molecule has 4 heteroatoms. The molecule has 2 aromatic carbocycles. The molecule has 20 heavy (non-hydrogen) atoms. The maximum atomic E-state index is 9.31. The molecule has 0 spiro atoms. The van der Waals surface area contributed by atoms with E-state index in [1.165, 1.54) is 0 Å². The Morgan fingerprint density at radius 2 is 1.90 bits per heavy atom. The number of halogens is 1. The van der Waals surface area contributed by atoms with Crippen molar-refractivity contribution in [3.8, 4) is 11.5 Å². The van der Waals surface area contributed by atoms with Crippen LogP contribution in [-0.2, 0) is 6.61 Å². The van der Waals surface area contributed by atoms with Crippen molar-refractivity contribution in [2.45, 2.75) is 6.61 Å². The van der Waals surface area contributed by atoms with Gasteiger partial charge in [0, 0.05) is 15.9 Å². The van der Waals surface area contributed by atoms with Crippen LogP contribution in [0.3, 0.4) is 0 Å². The van der Waals surface area contributed by atoms with E-state index in [1.807, 2.05) is 48.5 Å². The Bertz CT molecular complexity index is 758. The number of para-hydroxylation sites is 1. The highest BCUT2D eigenvalue weighted by atomic mass is 79.9. The Hall–Kier alpha value is -1.91. The third-order valence-corrected chi connectivity index (χ3v) is 3.41. The predicted molar refractivity (Wildman–Crippen MR) is 81.9 cm³/mol.